The van der Waals surface area contributed by atoms with Crippen molar-refractivity contribution < 1.29 is 30.7 Å². The first-order valence-electron chi connectivity index (χ1n) is 9.70. The monoisotopic (exact) mass is 456 g/mol. The fourth-order valence-corrected chi connectivity index (χ4v) is 4.15. The van der Waals surface area contributed by atoms with Gasteiger partial charge in [0.1, 0.15) is 17.5 Å². The van der Waals surface area contributed by atoms with Crippen LogP contribution < -0.4 is 0 Å². The van der Waals surface area contributed by atoms with Gasteiger partial charge in [0.15, 0.2) is 23.3 Å². The Morgan fingerprint density at radius 1 is 0.364 bits per heavy atom. The molecule has 0 saturated carbocycles. The SMILES string of the molecule is Fc1ccc2c(-c3ccc(F)c(F)c3)c3c(F)ccc(F)c3c(-c3ccc(F)c(F)c3)c2c1. The Balaban J connectivity index is 2.06. The summed E-state index contributed by atoms with van der Waals surface area (Å²) in [6.45, 7) is 0. The van der Waals surface area contributed by atoms with Crippen molar-refractivity contribution in [3.8, 4) is 22.3 Å². The molecule has 0 aliphatic carbocycles. The largest absolute Gasteiger partial charge is 0.207 e. The van der Waals surface area contributed by atoms with Gasteiger partial charge in [0.25, 0.3) is 0 Å². The van der Waals surface area contributed by atoms with Crippen LogP contribution in [0.15, 0.2) is 66.7 Å². The number of rotatable bonds is 2. The molecule has 7 heteroatoms. The van der Waals surface area contributed by atoms with Crippen LogP contribution >= 0.6 is 0 Å². The Hall–Kier alpha value is -3.87. The Labute approximate surface area is 182 Å². The summed E-state index contributed by atoms with van der Waals surface area (Å²) in [6, 6.07) is 10.8. The molecular formula is C26H11F7. The fourth-order valence-electron chi connectivity index (χ4n) is 4.15. The normalized spacial score (nSPS) is 11.5. The Morgan fingerprint density at radius 2 is 0.818 bits per heavy atom. The smallest absolute Gasteiger partial charge is 0.159 e. The number of benzene rings is 5. The van der Waals surface area contributed by atoms with Crippen molar-refractivity contribution in [1.82, 2.24) is 0 Å². The van der Waals surface area contributed by atoms with Crippen LogP contribution in [-0.2, 0) is 0 Å². The van der Waals surface area contributed by atoms with Crippen LogP contribution in [0, 0.1) is 40.7 Å². The highest BCUT2D eigenvalue weighted by Gasteiger charge is 2.23. The summed E-state index contributed by atoms with van der Waals surface area (Å²) in [6.07, 6.45) is 0. The standard InChI is InChI=1S/C26H11F7/c27-14-3-4-15-16(11-14)24(13-2-6-18(29)22(33)10-13)26-20(31)8-7-19(30)25(26)23(15)12-1-5-17(28)21(32)9-12/h1-11H. The molecule has 0 heterocycles. The van der Waals surface area contributed by atoms with E-state index in [4.69, 9.17) is 0 Å². The van der Waals surface area contributed by atoms with E-state index < -0.39 is 40.7 Å². The highest BCUT2D eigenvalue weighted by Crippen LogP contribution is 2.46. The van der Waals surface area contributed by atoms with E-state index in [0.717, 1.165) is 48.5 Å². The Kier molecular flexibility index (Phi) is 4.85. The maximum Gasteiger partial charge on any atom is 0.159 e. The fraction of sp³-hybridized carbons (Fsp3) is 0. The van der Waals surface area contributed by atoms with Gasteiger partial charge in [-0.05, 0) is 70.4 Å². The summed E-state index contributed by atoms with van der Waals surface area (Å²) in [4.78, 5) is 0. The molecule has 0 aliphatic rings. The topological polar surface area (TPSA) is 0 Å². The van der Waals surface area contributed by atoms with Gasteiger partial charge in [-0.1, -0.05) is 18.2 Å². The molecular weight excluding hydrogens is 445 g/mol. The van der Waals surface area contributed by atoms with Gasteiger partial charge >= 0.3 is 0 Å². The number of fused-ring (bicyclic) bond motifs is 2. The first kappa shape index (κ1) is 21.0. The zero-order chi connectivity index (χ0) is 23.4. The minimum atomic E-state index is -1.23. The van der Waals surface area contributed by atoms with Crippen LogP contribution in [0.3, 0.4) is 0 Å². The molecule has 0 bridgehead atoms. The van der Waals surface area contributed by atoms with Gasteiger partial charge < -0.3 is 0 Å². The maximum atomic E-state index is 15.2. The molecule has 0 nitrogen and oxygen atoms in total. The number of halogens is 7. The van der Waals surface area contributed by atoms with Crippen molar-refractivity contribution in [2.75, 3.05) is 0 Å². The molecule has 5 rings (SSSR count). The van der Waals surface area contributed by atoms with E-state index in [1.165, 1.54) is 18.2 Å². The van der Waals surface area contributed by atoms with Crippen LogP contribution in [0.4, 0.5) is 30.7 Å². The van der Waals surface area contributed by atoms with E-state index in [1.807, 2.05) is 0 Å². The molecule has 0 radical (unpaired) electrons. The molecule has 5 aromatic carbocycles. The van der Waals surface area contributed by atoms with Crippen molar-refractivity contribution in [2.45, 2.75) is 0 Å². The molecule has 0 amide bonds. The van der Waals surface area contributed by atoms with Crippen molar-refractivity contribution in [1.29, 1.82) is 0 Å². The van der Waals surface area contributed by atoms with Crippen molar-refractivity contribution in [3.05, 3.63) is 107 Å². The van der Waals surface area contributed by atoms with E-state index in [1.54, 1.807) is 0 Å². The van der Waals surface area contributed by atoms with Gasteiger partial charge in [-0.15, -0.1) is 0 Å². The molecule has 0 aromatic heterocycles. The second-order valence-electron chi connectivity index (χ2n) is 7.48. The lowest BCUT2D eigenvalue weighted by atomic mass is 9.85. The quantitative estimate of drug-likeness (QED) is 0.185. The lowest BCUT2D eigenvalue weighted by molar-refractivity contribution is 0.509. The molecule has 0 saturated heterocycles. The average molecular weight is 456 g/mol. The average Bonchev–Trinajstić information content (AvgIpc) is 2.78. The third-order valence-electron chi connectivity index (χ3n) is 5.54. The number of hydrogen-bond acceptors (Lipinski definition) is 0. The van der Waals surface area contributed by atoms with Gasteiger partial charge in [0.05, 0.1) is 0 Å². The third-order valence-corrected chi connectivity index (χ3v) is 5.54. The highest BCUT2D eigenvalue weighted by molar-refractivity contribution is 6.21. The van der Waals surface area contributed by atoms with E-state index >= 15 is 8.78 Å². The van der Waals surface area contributed by atoms with Gasteiger partial charge in [-0.3, -0.25) is 0 Å². The molecule has 0 spiro atoms. The molecule has 0 unspecified atom stereocenters. The van der Waals surface area contributed by atoms with Crippen molar-refractivity contribution in [3.63, 3.8) is 0 Å². The van der Waals surface area contributed by atoms with E-state index in [0.29, 0.717) is 0 Å². The molecule has 33 heavy (non-hydrogen) atoms. The van der Waals surface area contributed by atoms with Crippen LogP contribution in [-0.4, -0.2) is 0 Å². The second kappa shape index (κ2) is 7.62. The minimum Gasteiger partial charge on any atom is -0.207 e. The summed E-state index contributed by atoms with van der Waals surface area (Å²) in [7, 11) is 0. The van der Waals surface area contributed by atoms with Gasteiger partial charge in [-0.2, -0.15) is 0 Å². The lowest BCUT2D eigenvalue weighted by Gasteiger charge is -2.19. The second-order valence-corrected chi connectivity index (χ2v) is 7.48. The molecule has 0 N–H and O–H groups in total. The zero-order valence-corrected chi connectivity index (χ0v) is 16.5. The highest BCUT2D eigenvalue weighted by atomic mass is 19.2. The lowest BCUT2D eigenvalue weighted by Crippen LogP contribution is -1.97. The van der Waals surface area contributed by atoms with Crippen molar-refractivity contribution >= 4 is 21.5 Å². The van der Waals surface area contributed by atoms with E-state index in [2.05, 4.69) is 0 Å². The van der Waals surface area contributed by atoms with E-state index in [-0.39, 0.29) is 43.8 Å². The number of hydrogen-bond donors (Lipinski definition) is 0. The van der Waals surface area contributed by atoms with Gasteiger partial charge in [0, 0.05) is 21.9 Å². The first-order valence-corrected chi connectivity index (χ1v) is 9.70. The van der Waals surface area contributed by atoms with Crippen LogP contribution in [0.2, 0.25) is 0 Å². The summed E-state index contributed by atoms with van der Waals surface area (Å²) in [5.41, 5.74) is -0.0587. The summed E-state index contributed by atoms with van der Waals surface area (Å²) < 4.78 is 99.9. The predicted molar refractivity (Wildman–Crippen MR) is 112 cm³/mol. The van der Waals surface area contributed by atoms with Gasteiger partial charge in [0.2, 0.25) is 0 Å². The zero-order valence-electron chi connectivity index (χ0n) is 16.5. The predicted octanol–water partition coefficient (Wildman–Crippen LogP) is 8.30. The van der Waals surface area contributed by atoms with Gasteiger partial charge in [-0.25, -0.2) is 30.7 Å². The van der Waals surface area contributed by atoms with Crippen LogP contribution in [0.1, 0.15) is 0 Å². The van der Waals surface area contributed by atoms with Crippen molar-refractivity contribution in [2.24, 2.45) is 0 Å². The third kappa shape index (κ3) is 3.31. The summed E-state index contributed by atoms with van der Waals surface area (Å²) >= 11 is 0. The molecule has 0 fully saturated rings. The van der Waals surface area contributed by atoms with E-state index in [9.17, 15) is 22.0 Å². The Morgan fingerprint density at radius 3 is 1.30 bits per heavy atom. The maximum absolute atomic E-state index is 15.2. The molecule has 0 atom stereocenters. The minimum absolute atomic E-state index is 0.00207. The van der Waals surface area contributed by atoms with Crippen LogP contribution in [0.5, 0.6) is 0 Å². The molecule has 5 aromatic rings. The molecule has 164 valence electrons. The summed E-state index contributed by atoms with van der Waals surface area (Å²) in [5, 5.41) is -0.393. The van der Waals surface area contributed by atoms with Crippen LogP contribution in [0.25, 0.3) is 43.8 Å². The molecule has 0 aliphatic heterocycles. The Bertz CT molecular complexity index is 1590. The first-order chi connectivity index (χ1) is 15.8. The summed E-state index contributed by atoms with van der Waals surface area (Å²) in [5.74, 6) is -7.25.